The van der Waals surface area contributed by atoms with Gasteiger partial charge in [0.2, 0.25) is 5.60 Å². The molecule has 2 aliphatic carbocycles. The molecule has 0 N–H and O–H groups in total. The predicted octanol–water partition coefficient (Wildman–Crippen LogP) is 1.38. The van der Waals surface area contributed by atoms with Gasteiger partial charge in [-0.25, -0.2) is 9.59 Å². The Kier molecular flexibility index (Phi) is 3.30. The second kappa shape index (κ2) is 4.83. The lowest BCUT2D eigenvalue weighted by molar-refractivity contribution is -0.186. The Morgan fingerprint density at radius 1 is 1.32 bits per heavy atom. The van der Waals surface area contributed by atoms with Crippen LogP contribution in [0.3, 0.4) is 0 Å². The zero-order valence-electron chi connectivity index (χ0n) is 13.0. The summed E-state index contributed by atoms with van der Waals surface area (Å²) in [6.45, 7) is 7.96. The van der Waals surface area contributed by atoms with Gasteiger partial charge in [-0.3, -0.25) is 4.79 Å². The highest BCUT2D eigenvalue weighted by molar-refractivity contribution is 5.90. The molecular formula is C16H20O6. The molecule has 22 heavy (non-hydrogen) atoms. The van der Waals surface area contributed by atoms with E-state index in [9.17, 15) is 14.4 Å². The predicted molar refractivity (Wildman–Crippen MR) is 74.4 cm³/mol. The van der Waals surface area contributed by atoms with E-state index in [1.165, 1.54) is 20.8 Å². The summed E-state index contributed by atoms with van der Waals surface area (Å²) in [5.74, 6) is -1.15. The second-order valence-electron chi connectivity index (χ2n) is 6.95. The Bertz CT molecular complexity index is 563. The monoisotopic (exact) mass is 308 g/mol. The molecular weight excluding hydrogens is 288 g/mol. The molecule has 3 fully saturated rings. The summed E-state index contributed by atoms with van der Waals surface area (Å²) in [5.41, 5.74) is -1.19. The van der Waals surface area contributed by atoms with E-state index in [-0.39, 0.29) is 35.4 Å². The van der Waals surface area contributed by atoms with Crippen LogP contribution in [0.25, 0.3) is 0 Å². The molecule has 1 heterocycles. The van der Waals surface area contributed by atoms with Gasteiger partial charge in [0.1, 0.15) is 12.2 Å². The minimum Gasteiger partial charge on any atom is -0.458 e. The second-order valence-corrected chi connectivity index (χ2v) is 6.95. The highest BCUT2D eigenvalue weighted by Crippen LogP contribution is 2.55. The Hall–Kier alpha value is -1.85. The maximum atomic E-state index is 12.3. The van der Waals surface area contributed by atoms with E-state index in [0.717, 1.165) is 6.42 Å². The summed E-state index contributed by atoms with van der Waals surface area (Å²) in [6.07, 6.45) is 0.797. The Labute approximate surface area is 128 Å². The zero-order chi connectivity index (χ0) is 16.2. The van der Waals surface area contributed by atoms with Gasteiger partial charge in [0.15, 0.2) is 0 Å². The standard InChI is InChI=1S/C16H20O6/c1-7(2)13(17)22-16(3,4)15(19)21-11-8-5-9-10(6-8)14(18)20-12(9)11/h8-12H,1,5-6H2,2-4H3. The average molecular weight is 308 g/mol. The largest absolute Gasteiger partial charge is 0.458 e. The first-order valence-electron chi connectivity index (χ1n) is 7.51. The number of fused-ring (bicyclic) bond motifs is 1. The third kappa shape index (κ3) is 2.21. The van der Waals surface area contributed by atoms with Gasteiger partial charge in [-0.2, -0.15) is 0 Å². The van der Waals surface area contributed by atoms with E-state index in [1.807, 2.05) is 0 Å². The first kappa shape index (κ1) is 15.1. The summed E-state index contributed by atoms with van der Waals surface area (Å²) in [7, 11) is 0. The lowest BCUT2D eigenvalue weighted by Gasteiger charge is -2.29. The molecule has 5 unspecified atom stereocenters. The molecule has 6 heteroatoms. The van der Waals surface area contributed by atoms with Gasteiger partial charge in [-0.05, 0) is 33.6 Å². The van der Waals surface area contributed by atoms with E-state index in [0.29, 0.717) is 6.42 Å². The van der Waals surface area contributed by atoms with Crippen molar-refractivity contribution in [1.29, 1.82) is 0 Å². The summed E-state index contributed by atoms with van der Waals surface area (Å²) in [6, 6.07) is 0. The Morgan fingerprint density at radius 3 is 2.64 bits per heavy atom. The van der Waals surface area contributed by atoms with Gasteiger partial charge < -0.3 is 14.2 Å². The Morgan fingerprint density at radius 2 is 2.00 bits per heavy atom. The quantitative estimate of drug-likeness (QED) is 0.443. The van der Waals surface area contributed by atoms with Crippen LogP contribution in [0, 0.1) is 17.8 Å². The molecule has 120 valence electrons. The van der Waals surface area contributed by atoms with Crippen LogP contribution in [0.5, 0.6) is 0 Å². The molecule has 3 rings (SSSR count). The van der Waals surface area contributed by atoms with E-state index >= 15 is 0 Å². The number of hydrogen-bond donors (Lipinski definition) is 0. The molecule has 0 aromatic heterocycles. The van der Waals surface area contributed by atoms with Crippen LogP contribution in [0.2, 0.25) is 0 Å². The average Bonchev–Trinajstić information content (AvgIpc) is 3.02. The number of carbonyl (C=O) groups is 3. The Balaban J connectivity index is 1.66. The van der Waals surface area contributed by atoms with Crippen molar-refractivity contribution in [1.82, 2.24) is 0 Å². The highest BCUT2D eigenvalue weighted by Gasteiger charge is 2.63. The molecule has 6 nitrogen and oxygen atoms in total. The van der Waals surface area contributed by atoms with E-state index in [1.54, 1.807) is 0 Å². The molecule has 3 aliphatic rings. The molecule has 0 radical (unpaired) electrons. The van der Waals surface area contributed by atoms with Gasteiger partial charge in [-0.15, -0.1) is 0 Å². The van der Waals surface area contributed by atoms with Crippen molar-refractivity contribution in [3.63, 3.8) is 0 Å². The van der Waals surface area contributed by atoms with E-state index in [2.05, 4.69) is 6.58 Å². The summed E-state index contributed by atoms with van der Waals surface area (Å²) < 4.78 is 16.0. The number of hydrogen-bond acceptors (Lipinski definition) is 6. The molecule has 1 aliphatic heterocycles. The lowest BCUT2D eigenvalue weighted by Crippen LogP contribution is -2.44. The van der Waals surface area contributed by atoms with Crippen molar-refractivity contribution in [2.45, 2.75) is 51.4 Å². The van der Waals surface area contributed by atoms with Crippen molar-refractivity contribution >= 4 is 17.9 Å². The van der Waals surface area contributed by atoms with Crippen molar-refractivity contribution in [3.05, 3.63) is 12.2 Å². The normalized spacial score (nSPS) is 35.2. The van der Waals surface area contributed by atoms with Crippen molar-refractivity contribution < 1.29 is 28.6 Å². The molecule has 2 saturated carbocycles. The first-order valence-corrected chi connectivity index (χ1v) is 7.51. The summed E-state index contributed by atoms with van der Waals surface area (Å²) >= 11 is 0. The maximum Gasteiger partial charge on any atom is 0.350 e. The molecule has 0 spiro atoms. The van der Waals surface area contributed by atoms with Gasteiger partial charge in [0, 0.05) is 17.4 Å². The van der Waals surface area contributed by atoms with Crippen LogP contribution in [0.4, 0.5) is 0 Å². The van der Waals surface area contributed by atoms with Crippen LogP contribution < -0.4 is 0 Å². The number of ether oxygens (including phenoxy) is 3. The van der Waals surface area contributed by atoms with Crippen LogP contribution in [-0.2, 0) is 28.6 Å². The fourth-order valence-corrected chi connectivity index (χ4v) is 3.69. The molecule has 0 aromatic rings. The number of rotatable bonds is 4. The third-order valence-corrected chi connectivity index (χ3v) is 4.84. The van der Waals surface area contributed by atoms with Gasteiger partial charge in [0.25, 0.3) is 0 Å². The SMILES string of the molecule is C=C(C)C(=O)OC(C)(C)C(=O)OC1C2CC3C(=O)OC1C3C2. The van der Waals surface area contributed by atoms with Gasteiger partial charge >= 0.3 is 17.9 Å². The fraction of sp³-hybridized carbons (Fsp3) is 0.688. The highest BCUT2D eigenvalue weighted by atomic mass is 16.6. The zero-order valence-corrected chi connectivity index (χ0v) is 13.0. The summed E-state index contributed by atoms with van der Waals surface area (Å²) in [5, 5.41) is 0. The topological polar surface area (TPSA) is 78.9 Å². The van der Waals surface area contributed by atoms with Gasteiger partial charge in [0.05, 0.1) is 5.92 Å². The van der Waals surface area contributed by atoms with Crippen LogP contribution in [0.15, 0.2) is 12.2 Å². The minimum atomic E-state index is -1.40. The summed E-state index contributed by atoms with van der Waals surface area (Å²) in [4.78, 5) is 35.6. The van der Waals surface area contributed by atoms with Gasteiger partial charge in [-0.1, -0.05) is 6.58 Å². The molecule has 1 saturated heterocycles. The first-order chi connectivity index (χ1) is 10.2. The maximum absolute atomic E-state index is 12.3. The number of esters is 3. The van der Waals surface area contributed by atoms with Crippen LogP contribution >= 0.6 is 0 Å². The van der Waals surface area contributed by atoms with Crippen molar-refractivity contribution in [2.24, 2.45) is 17.8 Å². The molecule has 5 atom stereocenters. The molecule has 2 bridgehead atoms. The third-order valence-electron chi connectivity index (χ3n) is 4.84. The molecule has 0 aromatic carbocycles. The van der Waals surface area contributed by atoms with Crippen molar-refractivity contribution in [3.8, 4) is 0 Å². The van der Waals surface area contributed by atoms with Crippen molar-refractivity contribution in [2.75, 3.05) is 0 Å². The van der Waals surface area contributed by atoms with E-state index in [4.69, 9.17) is 14.2 Å². The fourth-order valence-electron chi connectivity index (χ4n) is 3.69. The van der Waals surface area contributed by atoms with E-state index < -0.39 is 23.6 Å². The smallest absolute Gasteiger partial charge is 0.350 e. The molecule has 0 amide bonds. The van der Waals surface area contributed by atoms with Crippen LogP contribution in [0.1, 0.15) is 33.6 Å². The lowest BCUT2D eigenvalue weighted by atomic mass is 9.88. The van der Waals surface area contributed by atoms with Crippen LogP contribution in [-0.4, -0.2) is 35.7 Å². The number of carbonyl (C=O) groups excluding carboxylic acids is 3. The minimum absolute atomic E-state index is 0.0285.